The Balaban J connectivity index is 0.000000468. The highest BCUT2D eigenvalue weighted by Crippen LogP contribution is 2.28. The molecule has 2 aromatic rings. The van der Waals surface area contributed by atoms with E-state index in [1.165, 1.54) is 57.1 Å². The number of halogens is 2. The fourth-order valence-electron chi connectivity index (χ4n) is 9.21. The van der Waals surface area contributed by atoms with Gasteiger partial charge in [-0.25, -0.2) is 4.79 Å². The summed E-state index contributed by atoms with van der Waals surface area (Å²) in [5.74, 6) is -0.206. The molecule has 430 valence electrons. The van der Waals surface area contributed by atoms with Crippen LogP contribution in [0.2, 0.25) is 0 Å². The molecule has 5 saturated carbocycles. The third-order valence-electron chi connectivity index (χ3n) is 13.5. The van der Waals surface area contributed by atoms with Gasteiger partial charge in [-0.3, -0.25) is 18.9 Å². The van der Waals surface area contributed by atoms with Gasteiger partial charge in [0.2, 0.25) is 0 Å². The minimum atomic E-state index is -4.02. The van der Waals surface area contributed by atoms with Crippen LogP contribution in [0, 0.1) is 18.8 Å². The lowest BCUT2D eigenvalue weighted by molar-refractivity contribution is -0.153. The van der Waals surface area contributed by atoms with E-state index in [-0.39, 0.29) is 96.3 Å². The molecular formula is C56H94Cl2N4O12S. The number of nitrogens with two attached hydrogens (primary N) is 4. The number of hydrogen-bond donors (Lipinski definition) is 5. The summed E-state index contributed by atoms with van der Waals surface area (Å²) in [5.41, 5.74) is 24.8. The van der Waals surface area contributed by atoms with E-state index in [0.717, 1.165) is 101 Å². The summed E-state index contributed by atoms with van der Waals surface area (Å²) in [6.07, 6.45) is 24.4. The van der Waals surface area contributed by atoms with Crippen molar-refractivity contribution in [3.63, 3.8) is 0 Å². The Hall–Kier alpha value is -3.39. The molecule has 0 bridgehead atoms. The minimum absolute atomic E-state index is 0. The maximum atomic E-state index is 11.9. The zero-order valence-electron chi connectivity index (χ0n) is 45.7. The van der Waals surface area contributed by atoms with Gasteiger partial charge in [0.05, 0.1) is 17.1 Å². The summed E-state index contributed by atoms with van der Waals surface area (Å²) in [6, 6.07) is 13.2. The Kier molecular flexibility index (Phi) is 34.0. The van der Waals surface area contributed by atoms with Crippen molar-refractivity contribution in [2.45, 2.75) is 242 Å². The van der Waals surface area contributed by atoms with Crippen LogP contribution in [0.4, 0.5) is 0 Å². The summed E-state index contributed by atoms with van der Waals surface area (Å²) in [4.78, 5) is 46.6. The van der Waals surface area contributed by atoms with Crippen LogP contribution >= 0.6 is 24.8 Å². The zero-order valence-corrected chi connectivity index (χ0v) is 48.2. The first-order chi connectivity index (χ1) is 34.5. The highest BCUT2D eigenvalue weighted by molar-refractivity contribution is 7.85. The second kappa shape index (κ2) is 36.7. The van der Waals surface area contributed by atoms with E-state index >= 15 is 0 Å². The van der Waals surface area contributed by atoms with Gasteiger partial charge in [0.15, 0.2) is 0 Å². The number of ether oxygens (including phenoxy) is 5. The highest BCUT2D eigenvalue weighted by atomic mass is 35.5. The third kappa shape index (κ3) is 29.2. The van der Waals surface area contributed by atoms with Gasteiger partial charge in [-0.1, -0.05) is 81.1 Å². The molecule has 5 aliphatic carbocycles. The molecule has 19 heteroatoms. The monoisotopic (exact) mass is 1120 g/mol. The Bertz CT molecular complexity index is 2000. The van der Waals surface area contributed by atoms with Crippen molar-refractivity contribution in [2.24, 2.45) is 34.8 Å². The van der Waals surface area contributed by atoms with Crippen molar-refractivity contribution in [3.8, 4) is 0 Å². The van der Waals surface area contributed by atoms with Gasteiger partial charge < -0.3 is 46.6 Å². The lowest BCUT2D eigenvalue weighted by Crippen LogP contribution is -2.41. The molecule has 0 unspecified atom stereocenters. The molecule has 9 N–H and O–H groups in total. The predicted octanol–water partition coefficient (Wildman–Crippen LogP) is 10.1. The first kappa shape index (κ1) is 69.6. The van der Waals surface area contributed by atoms with Crippen LogP contribution in [0.1, 0.15) is 193 Å². The fraction of sp³-hybridized carbons (Fsp3) is 0.714. The van der Waals surface area contributed by atoms with E-state index in [4.69, 9.17) is 51.2 Å². The molecule has 0 saturated heterocycles. The number of aryl methyl sites for hydroxylation is 1. The Labute approximate surface area is 461 Å². The summed E-state index contributed by atoms with van der Waals surface area (Å²) >= 11 is 0. The quantitative estimate of drug-likeness (QED) is 0.0630. The first-order valence-electron chi connectivity index (χ1n) is 27.1. The third-order valence-corrected chi connectivity index (χ3v) is 14.4. The van der Waals surface area contributed by atoms with Gasteiger partial charge in [-0.05, 0) is 179 Å². The molecule has 5 aliphatic rings. The standard InChI is InChI=1S/C13H23NO2.C13H17NO2.C12H23NO3.C11H21NO2.C7H8O3S.2ClH/c2*14-12(10-6-2-1-3-7-10)13(15)16-11-8-4-5-9-11;1-12(2,3)15-8-10(13)11(14)16-9-6-4-5-7-9;1-8(2)7-10(12)11(13)14-9-5-3-4-6-9;1-6-2-4-7(5-3-6)11(8,9)10;;/h10-12H,1-9,14H2;1-3,6-7,11-12H,4-5,8-9,14H2;9-10H,4-8,13H2,1-3H3;8-10H,3-7,12H2,1-2H3;2-5H,1H3,(H,8,9,10);2*1H/t2*12-;2*10-;;;/m0000.../s1. The Morgan fingerprint density at radius 2 is 0.933 bits per heavy atom. The fourth-order valence-corrected chi connectivity index (χ4v) is 9.69. The molecule has 5 fully saturated rings. The molecule has 0 amide bonds. The molecule has 0 spiro atoms. The second-order valence-corrected chi connectivity index (χ2v) is 23.2. The lowest BCUT2D eigenvalue weighted by atomic mass is 9.84. The minimum Gasteiger partial charge on any atom is -0.461 e. The number of rotatable bonds is 15. The average molecular weight is 1120 g/mol. The molecule has 16 nitrogen and oxygen atoms in total. The maximum absolute atomic E-state index is 11.9. The van der Waals surface area contributed by atoms with Gasteiger partial charge in [-0.2, -0.15) is 8.42 Å². The largest absolute Gasteiger partial charge is 0.461 e. The van der Waals surface area contributed by atoms with Crippen LogP contribution in [-0.4, -0.2) is 91.6 Å². The van der Waals surface area contributed by atoms with E-state index in [9.17, 15) is 27.6 Å². The molecule has 0 heterocycles. The Morgan fingerprint density at radius 1 is 0.560 bits per heavy atom. The topological polar surface area (TPSA) is 273 Å². The Morgan fingerprint density at radius 3 is 1.32 bits per heavy atom. The summed E-state index contributed by atoms with van der Waals surface area (Å²) in [6.45, 7) is 12.0. The van der Waals surface area contributed by atoms with Crippen LogP contribution < -0.4 is 22.9 Å². The van der Waals surface area contributed by atoms with Crippen molar-refractivity contribution in [1.82, 2.24) is 0 Å². The van der Waals surface area contributed by atoms with Crippen molar-refractivity contribution < 1.29 is 55.8 Å². The van der Waals surface area contributed by atoms with Crippen LogP contribution in [0.15, 0.2) is 59.5 Å². The predicted molar refractivity (Wildman–Crippen MR) is 298 cm³/mol. The second-order valence-electron chi connectivity index (χ2n) is 21.7. The van der Waals surface area contributed by atoms with Crippen molar-refractivity contribution in [3.05, 3.63) is 65.7 Å². The summed E-state index contributed by atoms with van der Waals surface area (Å²) in [5, 5.41) is 0. The zero-order chi connectivity index (χ0) is 54.0. The number of hydrogen-bond acceptors (Lipinski definition) is 15. The van der Waals surface area contributed by atoms with Crippen molar-refractivity contribution in [2.75, 3.05) is 6.61 Å². The molecule has 75 heavy (non-hydrogen) atoms. The average Bonchev–Trinajstić information content (AvgIpc) is 4.23. The van der Waals surface area contributed by atoms with Gasteiger partial charge in [-0.15, -0.1) is 24.8 Å². The summed E-state index contributed by atoms with van der Waals surface area (Å²) < 4.78 is 56.4. The van der Waals surface area contributed by atoms with Gasteiger partial charge in [0.1, 0.15) is 48.6 Å². The van der Waals surface area contributed by atoms with Crippen LogP contribution in [0.3, 0.4) is 0 Å². The molecule has 0 radical (unpaired) electrons. The molecule has 7 rings (SSSR count). The molecular weight excluding hydrogens is 1020 g/mol. The van der Waals surface area contributed by atoms with Crippen molar-refractivity contribution >= 4 is 58.8 Å². The lowest BCUT2D eigenvalue weighted by Gasteiger charge is -2.26. The van der Waals surface area contributed by atoms with E-state index < -0.39 is 28.2 Å². The smallest absolute Gasteiger partial charge is 0.327 e. The molecule has 0 aliphatic heterocycles. The highest BCUT2D eigenvalue weighted by Gasteiger charge is 2.31. The van der Waals surface area contributed by atoms with Crippen LogP contribution in [0.5, 0.6) is 0 Å². The maximum Gasteiger partial charge on any atom is 0.327 e. The normalized spacial score (nSPS) is 19.0. The van der Waals surface area contributed by atoms with Gasteiger partial charge in [0, 0.05) is 0 Å². The van der Waals surface area contributed by atoms with E-state index in [2.05, 4.69) is 13.8 Å². The van der Waals surface area contributed by atoms with Gasteiger partial charge in [0.25, 0.3) is 10.1 Å². The number of esters is 4. The molecule has 0 aromatic heterocycles. The molecule has 2 aromatic carbocycles. The van der Waals surface area contributed by atoms with Gasteiger partial charge >= 0.3 is 23.9 Å². The number of benzene rings is 2. The van der Waals surface area contributed by atoms with E-state index in [0.29, 0.717) is 18.3 Å². The van der Waals surface area contributed by atoms with Crippen LogP contribution in [-0.2, 0) is 53.0 Å². The number of carbonyl (C=O) groups is 4. The first-order valence-corrected chi connectivity index (χ1v) is 28.5. The number of carbonyl (C=O) groups excluding carboxylic acids is 4. The van der Waals surface area contributed by atoms with Crippen molar-refractivity contribution in [1.29, 1.82) is 0 Å². The van der Waals surface area contributed by atoms with E-state index in [1.54, 1.807) is 12.1 Å². The van der Waals surface area contributed by atoms with E-state index in [1.807, 2.05) is 58.0 Å². The SMILES string of the molecule is CC(C)(C)OC[C@H](N)C(=O)OC1CCCC1.CC(C)C[C@H](N)C(=O)OC1CCCC1.Cc1ccc(S(=O)(=O)O)cc1.Cl.Cl.N[C@H](C(=O)OC1CCCC1)C1CCCCC1.N[C@H](C(=O)OC1CCCC1)c1ccccc1. The van der Waals surface area contributed by atoms with Crippen LogP contribution in [0.25, 0.3) is 0 Å². The molecule has 4 atom stereocenters. The summed E-state index contributed by atoms with van der Waals surface area (Å²) in [7, 11) is -4.02.